The number of hydrogen-bond donors (Lipinski definition) is 0. The quantitative estimate of drug-likeness (QED) is 0.618. The number of nitrogens with zero attached hydrogens (tertiary/aromatic N) is 1. The molecule has 0 N–H and O–H groups in total. The van der Waals surface area contributed by atoms with Crippen LogP contribution in [0.2, 0.25) is 0 Å². The molecule has 0 unspecified atom stereocenters. The van der Waals surface area contributed by atoms with E-state index in [2.05, 4.69) is 61.0 Å². The molecule has 1 heterocycles. The van der Waals surface area contributed by atoms with Crippen molar-refractivity contribution in [2.45, 2.75) is 13.8 Å². The molecule has 1 aromatic heterocycles. The average molecular weight is 171 g/mol. The summed E-state index contributed by atoms with van der Waals surface area (Å²) >= 11 is 0. The van der Waals surface area contributed by atoms with Crippen LogP contribution >= 0.6 is 0 Å². The highest BCUT2D eigenvalue weighted by Gasteiger charge is 1.99. The van der Waals surface area contributed by atoms with Gasteiger partial charge in [-0.25, -0.2) is 0 Å². The van der Waals surface area contributed by atoms with Gasteiger partial charge in [0.25, 0.3) is 0 Å². The fourth-order valence-electron chi connectivity index (χ4n) is 1.53. The van der Waals surface area contributed by atoms with Crippen molar-refractivity contribution >= 4 is 16.6 Å². The zero-order valence-electron chi connectivity index (χ0n) is 7.99. The van der Waals surface area contributed by atoms with Crippen LogP contribution in [0.1, 0.15) is 13.8 Å². The summed E-state index contributed by atoms with van der Waals surface area (Å²) in [6, 6.07) is 10.6. The molecule has 1 nitrogen and oxygen atoms in total. The van der Waals surface area contributed by atoms with E-state index in [1.807, 2.05) is 0 Å². The summed E-state index contributed by atoms with van der Waals surface area (Å²) in [7, 11) is 0. The van der Waals surface area contributed by atoms with Crippen molar-refractivity contribution in [1.29, 1.82) is 0 Å². The topological polar surface area (TPSA) is 4.93 Å². The van der Waals surface area contributed by atoms with Crippen LogP contribution in [0.25, 0.3) is 16.6 Å². The molecule has 2 aromatic rings. The van der Waals surface area contributed by atoms with Crippen molar-refractivity contribution in [2.24, 2.45) is 0 Å². The molecule has 0 spiro atoms. The third-order valence-corrected chi connectivity index (χ3v) is 2.40. The predicted molar refractivity (Wildman–Crippen MR) is 57.6 cm³/mol. The maximum Gasteiger partial charge on any atom is 0.0524 e. The molecule has 0 bridgehead atoms. The Kier molecular flexibility index (Phi) is 1.93. The Balaban J connectivity index is 2.71. The van der Waals surface area contributed by atoms with E-state index in [4.69, 9.17) is 0 Å². The molecule has 0 aliphatic carbocycles. The maximum absolute atomic E-state index is 2.20. The molecule has 0 aliphatic heterocycles. The van der Waals surface area contributed by atoms with Gasteiger partial charge in [-0.05, 0) is 31.4 Å². The number of para-hydroxylation sites is 1. The van der Waals surface area contributed by atoms with Crippen LogP contribution in [0.5, 0.6) is 0 Å². The number of aromatic nitrogens is 1. The molecule has 1 aromatic carbocycles. The lowest BCUT2D eigenvalue weighted by Crippen LogP contribution is -1.89. The smallest absolute Gasteiger partial charge is 0.0524 e. The lowest BCUT2D eigenvalue weighted by Gasteiger charge is -2.03. The summed E-state index contributed by atoms with van der Waals surface area (Å²) in [5, 5.41) is 1.30. The van der Waals surface area contributed by atoms with Gasteiger partial charge in [-0.3, -0.25) is 0 Å². The fourth-order valence-corrected chi connectivity index (χ4v) is 1.53. The second kappa shape index (κ2) is 3.09. The van der Waals surface area contributed by atoms with Gasteiger partial charge >= 0.3 is 0 Å². The first-order valence-electron chi connectivity index (χ1n) is 4.52. The van der Waals surface area contributed by atoms with Crippen molar-refractivity contribution in [3.05, 3.63) is 42.6 Å². The first-order chi connectivity index (χ1) is 6.33. The molecular formula is C12H13N. The van der Waals surface area contributed by atoms with Gasteiger partial charge in [0, 0.05) is 11.9 Å². The Morgan fingerprint density at radius 3 is 2.77 bits per heavy atom. The molecule has 0 amide bonds. The largest absolute Gasteiger partial charge is 0.321 e. The molecule has 0 saturated heterocycles. The molecule has 0 aliphatic rings. The van der Waals surface area contributed by atoms with Crippen LogP contribution in [0.3, 0.4) is 0 Å². The normalized spacial score (nSPS) is 12.3. The highest BCUT2D eigenvalue weighted by atomic mass is 15.0. The number of rotatable bonds is 1. The van der Waals surface area contributed by atoms with Crippen molar-refractivity contribution in [3.63, 3.8) is 0 Å². The molecule has 13 heavy (non-hydrogen) atoms. The van der Waals surface area contributed by atoms with Gasteiger partial charge in [0.1, 0.15) is 0 Å². The van der Waals surface area contributed by atoms with E-state index in [9.17, 15) is 0 Å². The Morgan fingerprint density at radius 1 is 1.23 bits per heavy atom. The lowest BCUT2D eigenvalue weighted by atomic mass is 10.2. The Morgan fingerprint density at radius 2 is 2.00 bits per heavy atom. The fraction of sp³-hybridized carbons (Fsp3) is 0.167. The molecular weight excluding hydrogens is 158 g/mol. The minimum Gasteiger partial charge on any atom is -0.321 e. The van der Waals surface area contributed by atoms with Gasteiger partial charge < -0.3 is 4.57 Å². The van der Waals surface area contributed by atoms with Crippen LogP contribution in [0.4, 0.5) is 0 Å². The first-order valence-corrected chi connectivity index (χ1v) is 4.52. The highest BCUT2D eigenvalue weighted by Crippen LogP contribution is 2.18. The van der Waals surface area contributed by atoms with E-state index < -0.39 is 0 Å². The van der Waals surface area contributed by atoms with Crippen LogP contribution in [-0.2, 0) is 0 Å². The van der Waals surface area contributed by atoms with Crippen molar-refractivity contribution < 1.29 is 0 Å². The molecule has 0 saturated carbocycles. The van der Waals surface area contributed by atoms with Gasteiger partial charge in [-0.2, -0.15) is 0 Å². The average Bonchev–Trinajstić information content (AvgIpc) is 2.60. The van der Waals surface area contributed by atoms with Crippen LogP contribution < -0.4 is 0 Å². The van der Waals surface area contributed by atoms with E-state index in [1.54, 1.807) is 0 Å². The highest BCUT2D eigenvalue weighted by molar-refractivity contribution is 5.83. The number of benzene rings is 1. The van der Waals surface area contributed by atoms with Crippen molar-refractivity contribution in [1.82, 2.24) is 4.57 Å². The maximum atomic E-state index is 2.20. The standard InChI is InChI=1S/C12H13N/c1-3-10(2)13-9-8-11-6-4-5-7-12(11)13/h3-9H,1-2H3/b10-3+. The van der Waals surface area contributed by atoms with E-state index in [0.29, 0.717) is 0 Å². The van der Waals surface area contributed by atoms with Crippen molar-refractivity contribution in [3.8, 4) is 0 Å². The third kappa shape index (κ3) is 1.26. The molecule has 66 valence electrons. The van der Waals surface area contributed by atoms with Gasteiger partial charge in [0.2, 0.25) is 0 Å². The number of hydrogen-bond acceptors (Lipinski definition) is 0. The summed E-state index contributed by atoms with van der Waals surface area (Å²) in [4.78, 5) is 0. The molecule has 2 rings (SSSR count). The zero-order chi connectivity index (χ0) is 9.26. The van der Waals surface area contributed by atoms with Gasteiger partial charge in [-0.15, -0.1) is 0 Å². The van der Waals surface area contributed by atoms with Crippen LogP contribution in [0.15, 0.2) is 42.6 Å². The molecule has 0 atom stereocenters. The molecule has 1 heteroatoms. The van der Waals surface area contributed by atoms with E-state index in [-0.39, 0.29) is 0 Å². The van der Waals surface area contributed by atoms with E-state index in [0.717, 1.165) is 0 Å². The van der Waals surface area contributed by atoms with Gasteiger partial charge in [0.05, 0.1) is 5.52 Å². The zero-order valence-corrected chi connectivity index (χ0v) is 7.99. The Bertz CT molecular complexity index is 449. The Hall–Kier alpha value is -1.50. The van der Waals surface area contributed by atoms with Crippen LogP contribution in [-0.4, -0.2) is 4.57 Å². The second-order valence-corrected chi connectivity index (χ2v) is 3.17. The lowest BCUT2D eigenvalue weighted by molar-refractivity contribution is 1.14. The Labute approximate surface area is 78.3 Å². The number of allylic oxidation sites excluding steroid dienone is 2. The summed E-state index contributed by atoms with van der Waals surface area (Å²) < 4.78 is 2.20. The summed E-state index contributed by atoms with van der Waals surface area (Å²) in [5.41, 5.74) is 2.54. The van der Waals surface area contributed by atoms with Crippen molar-refractivity contribution in [2.75, 3.05) is 0 Å². The monoisotopic (exact) mass is 171 g/mol. The minimum absolute atomic E-state index is 1.27. The first kappa shape index (κ1) is 8.11. The molecule has 0 fully saturated rings. The molecule has 0 radical (unpaired) electrons. The van der Waals surface area contributed by atoms with E-state index >= 15 is 0 Å². The van der Waals surface area contributed by atoms with Crippen LogP contribution in [0, 0.1) is 0 Å². The number of fused-ring (bicyclic) bond motifs is 1. The summed E-state index contributed by atoms with van der Waals surface area (Å²) in [6.45, 7) is 4.18. The van der Waals surface area contributed by atoms with E-state index in [1.165, 1.54) is 16.6 Å². The second-order valence-electron chi connectivity index (χ2n) is 3.17. The minimum atomic E-state index is 1.27. The predicted octanol–water partition coefficient (Wildman–Crippen LogP) is 3.52. The van der Waals surface area contributed by atoms with Gasteiger partial charge in [-0.1, -0.05) is 24.3 Å². The summed E-state index contributed by atoms with van der Waals surface area (Å²) in [6.07, 6.45) is 4.23. The van der Waals surface area contributed by atoms with Gasteiger partial charge in [0.15, 0.2) is 0 Å². The SMILES string of the molecule is C/C=C(\C)n1ccc2ccccc21. The summed E-state index contributed by atoms with van der Waals surface area (Å²) in [5.74, 6) is 0. The third-order valence-electron chi connectivity index (χ3n) is 2.40.